The van der Waals surface area contributed by atoms with Crippen molar-refractivity contribution in [1.29, 1.82) is 0 Å². The number of ether oxygens (including phenoxy) is 1. The van der Waals surface area contributed by atoms with E-state index in [0.29, 0.717) is 13.2 Å². The molecule has 0 saturated heterocycles. The predicted molar refractivity (Wildman–Crippen MR) is 92.3 cm³/mol. The third-order valence-electron chi connectivity index (χ3n) is 3.28. The minimum atomic E-state index is -0.125. The van der Waals surface area contributed by atoms with Crippen molar-refractivity contribution in [2.24, 2.45) is 0 Å². The maximum Gasteiger partial charge on any atom is 0.220 e. The Bertz CT molecular complexity index is 678. The molecule has 0 aliphatic carbocycles. The molecule has 2 rings (SSSR count). The van der Waals surface area contributed by atoms with E-state index in [4.69, 9.17) is 4.74 Å². The average molecular weight is 331 g/mol. The Morgan fingerprint density at radius 3 is 2.65 bits per heavy atom. The lowest BCUT2D eigenvalue weighted by Gasteiger charge is -2.08. The van der Waals surface area contributed by atoms with E-state index in [1.54, 1.807) is 0 Å². The number of rotatable bonds is 8. The summed E-state index contributed by atoms with van der Waals surface area (Å²) in [5, 5.41) is 2.77. The molecule has 4 nitrogen and oxygen atoms in total. The van der Waals surface area contributed by atoms with Crippen LogP contribution in [0.1, 0.15) is 33.0 Å². The molecule has 1 amide bonds. The van der Waals surface area contributed by atoms with Gasteiger partial charge in [0.2, 0.25) is 5.91 Å². The van der Waals surface area contributed by atoms with Crippen molar-refractivity contribution >= 4 is 23.0 Å². The van der Waals surface area contributed by atoms with Crippen molar-refractivity contribution in [2.75, 3.05) is 13.2 Å². The molecule has 0 saturated carbocycles. The minimum absolute atomic E-state index is 0.0225. The molecule has 1 aromatic heterocycles. The molecule has 1 heterocycles. The monoisotopic (exact) mass is 331 g/mol. The number of carbonyl (C=O) groups excluding carboxylic acids is 2. The summed E-state index contributed by atoms with van der Waals surface area (Å²) >= 11 is 1.47. The highest BCUT2D eigenvalue weighted by molar-refractivity contribution is 7.14. The summed E-state index contributed by atoms with van der Waals surface area (Å²) in [5.41, 5.74) is 1.13. The lowest BCUT2D eigenvalue weighted by molar-refractivity contribution is -0.121. The number of hydrogen-bond donors (Lipinski definition) is 1. The normalized spacial score (nSPS) is 10.3. The predicted octanol–water partition coefficient (Wildman–Crippen LogP) is 3.52. The second-order valence-corrected chi connectivity index (χ2v) is 6.64. The van der Waals surface area contributed by atoms with Gasteiger partial charge in [-0.15, -0.1) is 11.3 Å². The van der Waals surface area contributed by atoms with E-state index >= 15 is 0 Å². The Hall–Kier alpha value is -2.14. The van der Waals surface area contributed by atoms with E-state index in [1.807, 2.05) is 50.2 Å². The van der Waals surface area contributed by atoms with Crippen LogP contribution in [0.5, 0.6) is 5.75 Å². The van der Waals surface area contributed by atoms with Crippen molar-refractivity contribution in [3.05, 3.63) is 51.7 Å². The van der Waals surface area contributed by atoms with Gasteiger partial charge < -0.3 is 10.1 Å². The molecule has 122 valence electrons. The Kier molecular flexibility index (Phi) is 6.35. The zero-order valence-corrected chi connectivity index (χ0v) is 14.2. The number of carbonyl (C=O) groups is 2. The van der Waals surface area contributed by atoms with Gasteiger partial charge >= 0.3 is 0 Å². The Morgan fingerprint density at radius 1 is 1.13 bits per heavy atom. The van der Waals surface area contributed by atoms with Crippen molar-refractivity contribution < 1.29 is 14.3 Å². The van der Waals surface area contributed by atoms with Crippen LogP contribution in [0.2, 0.25) is 0 Å². The van der Waals surface area contributed by atoms with Crippen LogP contribution in [0, 0.1) is 13.8 Å². The fourth-order valence-corrected chi connectivity index (χ4v) is 2.92. The van der Waals surface area contributed by atoms with Crippen LogP contribution < -0.4 is 10.1 Å². The number of ketones is 1. The van der Waals surface area contributed by atoms with E-state index in [1.165, 1.54) is 11.3 Å². The van der Waals surface area contributed by atoms with Gasteiger partial charge in [-0.25, -0.2) is 0 Å². The van der Waals surface area contributed by atoms with E-state index in [-0.39, 0.29) is 24.5 Å². The van der Waals surface area contributed by atoms with Crippen LogP contribution in [0.4, 0.5) is 0 Å². The zero-order chi connectivity index (χ0) is 16.7. The number of aryl methyl sites for hydroxylation is 2. The molecule has 0 spiro atoms. The fourth-order valence-electron chi connectivity index (χ4n) is 2.09. The zero-order valence-electron chi connectivity index (χ0n) is 13.4. The van der Waals surface area contributed by atoms with Gasteiger partial charge in [0, 0.05) is 17.7 Å². The molecule has 1 aromatic carbocycles. The molecular weight excluding hydrogens is 310 g/mol. The lowest BCUT2D eigenvalue weighted by Crippen LogP contribution is -2.28. The number of benzene rings is 1. The molecule has 0 atom stereocenters. The molecule has 0 fully saturated rings. The quantitative estimate of drug-likeness (QED) is 0.595. The first kappa shape index (κ1) is 17.2. The summed E-state index contributed by atoms with van der Waals surface area (Å²) in [6.45, 7) is 4.80. The molecule has 5 heteroatoms. The highest BCUT2D eigenvalue weighted by atomic mass is 32.1. The third kappa shape index (κ3) is 5.87. The van der Waals surface area contributed by atoms with E-state index < -0.39 is 0 Å². The SMILES string of the molecule is Cc1cccc(OCCNC(=O)CCC(=O)c2ccc(C)s2)c1. The van der Waals surface area contributed by atoms with Crippen molar-refractivity contribution in [3.8, 4) is 5.75 Å². The summed E-state index contributed by atoms with van der Waals surface area (Å²) in [6.07, 6.45) is 0.449. The largest absolute Gasteiger partial charge is 0.492 e. The van der Waals surface area contributed by atoms with E-state index in [9.17, 15) is 9.59 Å². The smallest absolute Gasteiger partial charge is 0.220 e. The second-order valence-electron chi connectivity index (χ2n) is 5.35. The molecule has 2 aromatic rings. The molecule has 0 unspecified atom stereocenters. The van der Waals surface area contributed by atoms with Crippen LogP contribution >= 0.6 is 11.3 Å². The van der Waals surface area contributed by atoms with Gasteiger partial charge in [0.15, 0.2) is 5.78 Å². The minimum Gasteiger partial charge on any atom is -0.492 e. The van der Waals surface area contributed by atoms with Crippen LogP contribution in [0.15, 0.2) is 36.4 Å². The summed E-state index contributed by atoms with van der Waals surface area (Å²) in [7, 11) is 0. The Labute approximate surface area is 140 Å². The number of hydrogen-bond acceptors (Lipinski definition) is 4. The Balaban J connectivity index is 1.62. The van der Waals surface area contributed by atoms with Crippen LogP contribution in [0.25, 0.3) is 0 Å². The summed E-state index contributed by atoms with van der Waals surface area (Å²) in [6, 6.07) is 11.5. The number of Topliss-reactive ketones (excluding diaryl/α,β-unsaturated/α-hetero) is 1. The Morgan fingerprint density at radius 2 is 1.96 bits per heavy atom. The van der Waals surface area contributed by atoms with Gasteiger partial charge in [-0.1, -0.05) is 12.1 Å². The molecule has 0 bridgehead atoms. The van der Waals surface area contributed by atoms with Gasteiger partial charge in [0.05, 0.1) is 11.4 Å². The molecule has 0 aliphatic heterocycles. The van der Waals surface area contributed by atoms with Gasteiger partial charge in [0.1, 0.15) is 12.4 Å². The highest BCUT2D eigenvalue weighted by Gasteiger charge is 2.10. The number of amides is 1. The first-order valence-corrected chi connectivity index (χ1v) is 8.42. The maximum atomic E-state index is 11.9. The summed E-state index contributed by atoms with van der Waals surface area (Å²) < 4.78 is 5.55. The topological polar surface area (TPSA) is 55.4 Å². The molecule has 0 radical (unpaired) electrons. The highest BCUT2D eigenvalue weighted by Crippen LogP contribution is 2.17. The third-order valence-corrected chi connectivity index (χ3v) is 4.32. The lowest BCUT2D eigenvalue weighted by atomic mass is 10.2. The summed E-state index contributed by atoms with van der Waals surface area (Å²) in [4.78, 5) is 25.5. The van der Waals surface area contributed by atoms with E-state index in [0.717, 1.165) is 21.1 Å². The van der Waals surface area contributed by atoms with Gasteiger partial charge in [0.25, 0.3) is 0 Å². The van der Waals surface area contributed by atoms with Gasteiger partial charge in [-0.3, -0.25) is 9.59 Å². The van der Waals surface area contributed by atoms with E-state index in [2.05, 4.69) is 5.32 Å². The van der Waals surface area contributed by atoms with Crippen molar-refractivity contribution in [3.63, 3.8) is 0 Å². The standard InChI is InChI=1S/C18H21NO3S/c1-13-4-3-5-15(12-13)22-11-10-19-18(21)9-7-16(20)17-8-6-14(2)23-17/h3-6,8,12H,7,9-11H2,1-2H3,(H,19,21). The fraction of sp³-hybridized carbons (Fsp3) is 0.333. The maximum absolute atomic E-state index is 11.9. The van der Waals surface area contributed by atoms with Crippen molar-refractivity contribution in [1.82, 2.24) is 5.32 Å². The molecular formula is C18H21NO3S. The number of nitrogens with one attached hydrogen (secondary N) is 1. The van der Waals surface area contributed by atoms with Crippen LogP contribution in [-0.4, -0.2) is 24.8 Å². The van der Waals surface area contributed by atoms with Crippen LogP contribution in [-0.2, 0) is 4.79 Å². The average Bonchev–Trinajstić information content (AvgIpc) is 2.96. The molecule has 0 aliphatic rings. The summed E-state index contributed by atoms with van der Waals surface area (Å²) in [5.74, 6) is 0.691. The van der Waals surface area contributed by atoms with Gasteiger partial charge in [-0.2, -0.15) is 0 Å². The van der Waals surface area contributed by atoms with Crippen molar-refractivity contribution in [2.45, 2.75) is 26.7 Å². The van der Waals surface area contributed by atoms with Gasteiger partial charge in [-0.05, 0) is 43.7 Å². The second kappa shape index (κ2) is 8.48. The first-order chi connectivity index (χ1) is 11.0. The molecule has 23 heavy (non-hydrogen) atoms. The first-order valence-electron chi connectivity index (χ1n) is 7.60. The molecule has 1 N–H and O–H groups in total. The van der Waals surface area contributed by atoms with Crippen LogP contribution in [0.3, 0.4) is 0 Å². The number of thiophene rings is 1.